The third-order valence-electron chi connectivity index (χ3n) is 6.52. The van der Waals surface area contributed by atoms with Gasteiger partial charge in [-0.2, -0.15) is 4.98 Å². The van der Waals surface area contributed by atoms with Crippen LogP contribution in [0.2, 0.25) is 0 Å². The highest BCUT2D eigenvalue weighted by molar-refractivity contribution is 5.79. The molecule has 192 valence electrons. The first-order valence-corrected chi connectivity index (χ1v) is 12.8. The second kappa shape index (κ2) is 12.0. The van der Waals surface area contributed by atoms with Gasteiger partial charge in [0.2, 0.25) is 17.6 Å². The van der Waals surface area contributed by atoms with Gasteiger partial charge < -0.3 is 19.3 Å². The van der Waals surface area contributed by atoms with Crippen LogP contribution in [0.1, 0.15) is 56.7 Å². The molecule has 0 saturated carbocycles. The van der Waals surface area contributed by atoms with E-state index in [1.165, 1.54) is 5.56 Å². The smallest absolute Gasteiger partial charge is 0.241 e. The van der Waals surface area contributed by atoms with E-state index in [0.717, 1.165) is 42.8 Å². The molecule has 0 spiro atoms. The number of nitrogens with zero attached hydrogens (tertiary/aromatic N) is 3. The molecule has 8 nitrogen and oxygen atoms in total. The van der Waals surface area contributed by atoms with Crippen LogP contribution in [0.25, 0.3) is 11.4 Å². The molecule has 1 aliphatic heterocycles. The number of carbonyl (C=O) groups excluding carboxylic acids is 1. The molecule has 1 fully saturated rings. The Morgan fingerprint density at radius 2 is 1.78 bits per heavy atom. The zero-order chi connectivity index (χ0) is 25.5. The predicted molar refractivity (Wildman–Crippen MR) is 138 cm³/mol. The zero-order valence-electron chi connectivity index (χ0n) is 21.6. The van der Waals surface area contributed by atoms with E-state index in [9.17, 15) is 4.79 Å². The highest BCUT2D eigenvalue weighted by Gasteiger charge is 2.27. The SMILES string of the molecule is CCOc1ccc(C(C)NC(=O)C2CCN(Cc3nc(-c4ccc(C)cc4)no3)CC2)cc1OCC. The molecule has 0 aliphatic carbocycles. The summed E-state index contributed by atoms with van der Waals surface area (Å²) in [6.45, 7) is 11.3. The van der Waals surface area contributed by atoms with E-state index < -0.39 is 0 Å². The zero-order valence-corrected chi connectivity index (χ0v) is 21.6. The molecule has 4 rings (SSSR count). The van der Waals surface area contributed by atoms with Gasteiger partial charge in [0, 0.05) is 11.5 Å². The number of rotatable bonds is 10. The van der Waals surface area contributed by atoms with Gasteiger partial charge >= 0.3 is 0 Å². The lowest BCUT2D eigenvalue weighted by molar-refractivity contribution is -0.127. The van der Waals surface area contributed by atoms with Gasteiger partial charge in [0.1, 0.15) is 0 Å². The number of likely N-dealkylation sites (tertiary alicyclic amines) is 1. The normalized spacial score (nSPS) is 15.4. The third-order valence-corrected chi connectivity index (χ3v) is 6.52. The van der Waals surface area contributed by atoms with Crippen LogP contribution in [0.5, 0.6) is 11.5 Å². The number of amides is 1. The van der Waals surface area contributed by atoms with Crippen LogP contribution < -0.4 is 14.8 Å². The summed E-state index contributed by atoms with van der Waals surface area (Å²) in [5, 5.41) is 7.31. The van der Waals surface area contributed by atoms with Crippen molar-refractivity contribution in [2.24, 2.45) is 5.92 Å². The maximum absolute atomic E-state index is 13.0. The monoisotopic (exact) mass is 492 g/mol. The minimum Gasteiger partial charge on any atom is -0.490 e. The average molecular weight is 493 g/mol. The van der Waals surface area contributed by atoms with E-state index in [2.05, 4.69) is 20.4 Å². The van der Waals surface area contributed by atoms with Gasteiger partial charge in [-0.3, -0.25) is 9.69 Å². The Kier molecular flexibility index (Phi) is 8.59. The maximum Gasteiger partial charge on any atom is 0.241 e. The number of benzene rings is 2. The molecule has 0 bridgehead atoms. The lowest BCUT2D eigenvalue weighted by Crippen LogP contribution is -2.40. The van der Waals surface area contributed by atoms with Crippen molar-refractivity contribution >= 4 is 5.91 Å². The van der Waals surface area contributed by atoms with Gasteiger partial charge in [-0.25, -0.2) is 0 Å². The number of piperidine rings is 1. The minimum absolute atomic E-state index is 0.0106. The van der Waals surface area contributed by atoms with Gasteiger partial charge in [-0.15, -0.1) is 0 Å². The molecule has 1 saturated heterocycles. The van der Waals surface area contributed by atoms with Gasteiger partial charge in [0.05, 0.1) is 25.8 Å². The fraction of sp³-hybridized carbons (Fsp3) is 0.464. The van der Waals surface area contributed by atoms with Crippen LogP contribution in [-0.2, 0) is 11.3 Å². The van der Waals surface area contributed by atoms with Crippen molar-refractivity contribution in [2.45, 2.75) is 53.1 Å². The molecule has 3 aromatic rings. The summed E-state index contributed by atoms with van der Waals surface area (Å²) in [6.07, 6.45) is 1.59. The Balaban J connectivity index is 1.27. The van der Waals surface area contributed by atoms with Crippen LogP contribution in [-0.4, -0.2) is 47.3 Å². The van der Waals surface area contributed by atoms with Crippen molar-refractivity contribution in [3.63, 3.8) is 0 Å². The minimum atomic E-state index is -0.121. The molecular weight excluding hydrogens is 456 g/mol. The lowest BCUT2D eigenvalue weighted by Gasteiger charge is -2.31. The van der Waals surface area contributed by atoms with Crippen molar-refractivity contribution in [2.75, 3.05) is 26.3 Å². The first-order valence-electron chi connectivity index (χ1n) is 12.8. The second-order valence-electron chi connectivity index (χ2n) is 9.23. The Bertz CT molecular complexity index is 1140. The van der Waals surface area contributed by atoms with E-state index in [-0.39, 0.29) is 17.9 Å². The summed E-state index contributed by atoms with van der Waals surface area (Å²) in [5.41, 5.74) is 3.13. The number of ether oxygens (including phenoxy) is 2. The maximum atomic E-state index is 13.0. The largest absolute Gasteiger partial charge is 0.490 e. The number of nitrogens with one attached hydrogen (secondary N) is 1. The Labute approximate surface area is 213 Å². The van der Waals surface area contributed by atoms with Gasteiger partial charge in [0.25, 0.3) is 0 Å². The quantitative estimate of drug-likeness (QED) is 0.429. The van der Waals surface area contributed by atoms with Crippen molar-refractivity contribution in [3.8, 4) is 22.9 Å². The van der Waals surface area contributed by atoms with Crippen molar-refractivity contribution in [3.05, 3.63) is 59.5 Å². The highest BCUT2D eigenvalue weighted by atomic mass is 16.5. The van der Waals surface area contributed by atoms with Crippen molar-refractivity contribution in [1.82, 2.24) is 20.4 Å². The van der Waals surface area contributed by atoms with E-state index in [0.29, 0.717) is 37.2 Å². The standard InChI is InChI=1S/C28H36N4O4/c1-5-34-24-12-11-23(17-25(24)35-6-2)20(4)29-28(33)22-13-15-32(16-14-22)18-26-30-27(31-36-26)21-9-7-19(3)8-10-21/h7-12,17,20,22H,5-6,13-16,18H2,1-4H3,(H,29,33). The Hall–Kier alpha value is -3.39. The number of hydrogen-bond donors (Lipinski definition) is 1. The van der Waals surface area contributed by atoms with E-state index in [1.807, 2.05) is 70.2 Å². The molecule has 2 aromatic carbocycles. The average Bonchev–Trinajstić information content (AvgIpc) is 3.34. The van der Waals surface area contributed by atoms with Gasteiger partial charge in [0.15, 0.2) is 11.5 Å². The molecule has 2 heterocycles. The van der Waals surface area contributed by atoms with E-state index in [1.54, 1.807) is 0 Å². The highest BCUT2D eigenvalue weighted by Crippen LogP contribution is 2.31. The van der Waals surface area contributed by atoms with Crippen LogP contribution in [0.3, 0.4) is 0 Å². The predicted octanol–water partition coefficient (Wildman–Crippen LogP) is 4.93. The molecule has 1 amide bonds. The molecular formula is C28H36N4O4. The third kappa shape index (κ3) is 6.43. The first kappa shape index (κ1) is 25.7. The molecule has 1 atom stereocenters. The van der Waals surface area contributed by atoms with E-state index in [4.69, 9.17) is 14.0 Å². The summed E-state index contributed by atoms with van der Waals surface area (Å²) in [7, 11) is 0. The van der Waals surface area contributed by atoms with Gasteiger partial charge in [-0.05, 0) is 71.3 Å². The molecule has 36 heavy (non-hydrogen) atoms. The molecule has 0 radical (unpaired) electrons. The number of aryl methyl sites for hydroxylation is 1. The summed E-state index contributed by atoms with van der Waals surface area (Å²) in [6, 6.07) is 13.8. The number of aromatic nitrogens is 2. The summed E-state index contributed by atoms with van der Waals surface area (Å²) >= 11 is 0. The fourth-order valence-electron chi connectivity index (χ4n) is 4.44. The number of hydrogen-bond acceptors (Lipinski definition) is 7. The second-order valence-corrected chi connectivity index (χ2v) is 9.23. The molecule has 1 aromatic heterocycles. The summed E-state index contributed by atoms with van der Waals surface area (Å²) in [4.78, 5) is 19.8. The van der Waals surface area contributed by atoms with Crippen LogP contribution in [0, 0.1) is 12.8 Å². The van der Waals surface area contributed by atoms with E-state index >= 15 is 0 Å². The lowest BCUT2D eigenvalue weighted by atomic mass is 9.95. The first-order chi connectivity index (χ1) is 17.5. The summed E-state index contributed by atoms with van der Waals surface area (Å²) < 4.78 is 16.9. The Morgan fingerprint density at radius 3 is 2.47 bits per heavy atom. The van der Waals surface area contributed by atoms with Crippen molar-refractivity contribution < 1.29 is 18.8 Å². The Morgan fingerprint density at radius 1 is 1.08 bits per heavy atom. The molecule has 1 N–H and O–H groups in total. The molecule has 1 unspecified atom stereocenters. The van der Waals surface area contributed by atoms with Crippen LogP contribution >= 0.6 is 0 Å². The molecule has 8 heteroatoms. The van der Waals surface area contributed by atoms with Crippen LogP contribution in [0.4, 0.5) is 0 Å². The topological polar surface area (TPSA) is 89.7 Å². The summed E-state index contributed by atoms with van der Waals surface area (Å²) in [5.74, 6) is 2.72. The van der Waals surface area contributed by atoms with Crippen molar-refractivity contribution in [1.29, 1.82) is 0 Å². The van der Waals surface area contributed by atoms with Gasteiger partial charge in [-0.1, -0.05) is 41.1 Å². The van der Waals surface area contributed by atoms with Crippen LogP contribution in [0.15, 0.2) is 47.0 Å². The molecule has 1 aliphatic rings. The fourth-order valence-corrected chi connectivity index (χ4v) is 4.44. The number of carbonyl (C=O) groups is 1.